The van der Waals surface area contributed by atoms with Crippen LogP contribution in [0.1, 0.15) is 26.4 Å². The van der Waals surface area contributed by atoms with Crippen LogP contribution in [0.2, 0.25) is 0 Å². The zero-order chi connectivity index (χ0) is 16.6. The van der Waals surface area contributed by atoms with Gasteiger partial charge < -0.3 is 10.6 Å². The molecular formula is C16H15N3O3S. The molecule has 1 unspecified atom stereocenters. The first-order valence-electron chi connectivity index (χ1n) is 7.06. The molecule has 6 nitrogen and oxygen atoms in total. The van der Waals surface area contributed by atoms with Crippen LogP contribution < -0.4 is 10.6 Å². The van der Waals surface area contributed by atoms with Gasteiger partial charge in [0.05, 0.1) is 16.1 Å². The van der Waals surface area contributed by atoms with Crippen molar-refractivity contribution in [2.75, 3.05) is 5.32 Å². The van der Waals surface area contributed by atoms with Gasteiger partial charge in [-0.1, -0.05) is 12.1 Å². The molecule has 0 fully saturated rings. The van der Waals surface area contributed by atoms with Crippen LogP contribution in [0.25, 0.3) is 6.08 Å². The van der Waals surface area contributed by atoms with Crippen molar-refractivity contribution in [2.45, 2.75) is 20.0 Å². The molecule has 0 saturated heterocycles. The van der Waals surface area contributed by atoms with Crippen molar-refractivity contribution in [3.05, 3.63) is 62.0 Å². The number of thiophene rings is 1. The topological polar surface area (TPSA) is 84.3 Å². The Morgan fingerprint density at radius 3 is 2.74 bits per heavy atom. The molecule has 0 radical (unpaired) electrons. The van der Waals surface area contributed by atoms with Gasteiger partial charge >= 0.3 is 0 Å². The number of nitro benzene ring substituents is 1. The number of anilines is 1. The summed E-state index contributed by atoms with van der Waals surface area (Å²) in [6.07, 6.45) is 2.97. The largest absolute Gasteiger partial charge is 0.353 e. The third-order valence-electron chi connectivity index (χ3n) is 3.79. The highest BCUT2D eigenvalue weighted by atomic mass is 32.1. The lowest BCUT2D eigenvalue weighted by Crippen LogP contribution is -2.43. The summed E-state index contributed by atoms with van der Waals surface area (Å²) in [5.74, 6) is -0.127. The van der Waals surface area contributed by atoms with Gasteiger partial charge in [0, 0.05) is 10.9 Å². The number of nitrogens with one attached hydrogen (secondary N) is 2. The van der Waals surface area contributed by atoms with E-state index in [9.17, 15) is 14.9 Å². The van der Waals surface area contributed by atoms with Crippen molar-refractivity contribution < 1.29 is 9.72 Å². The van der Waals surface area contributed by atoms with Crippen LogP contribution in [0.3, 0.4) is 0 Å². The Labute approximate surface area is 137 Å². The maximum atomic E-state index is 12.2. The zero-order valence-electron chi connectivity index (χ0n) is 12.6. The Morgan fingerprint density at radius 2 is 2.00 bits per heavy atom. The number of aryl methyl sites for hydroxylation is 1. The standard InChI is InChI=1S/C16H15N3O3S/c1-9-10(2)23-16-14(9)15(20)17-13(18-16)8-7-11-5-3-4-6-12(11)19(21)22/h3-8,13,18H,1-2H3,(H,17,20). The zero-order valence-corrected chi connectivity index (χ0v) is 13.4. The third kappa shape index (κ3) is 2.83. The predicted octanol–water partition coefficient (Wildman–Crippen LogP) is 3.47. The Balaban J connectivity index is 1.85. The van der Waals surface area contributed by atoms with E-state index in [0.29, 0.717) is 11.1 Å². The summed E-state index contributed by atoms with van der Waals surface area (Å²) in [5.41, 5.74) is 2.20. The van der Waals surface area contributed by atoms with Gasteiger partial charge in [-0.15, -0.1) is 11.3 Å². The summed E-state index contributed by atoms with van der Waals surface area (Å²) in [4.78, 5) is 23.9. The number of carbonyl (C=O) groups is 1. The Morgan fingerprint density at radius 1 is 1.26 bits per heavy atom. The first-order valence-corrected chi connectivity index (χ1v) is 7.88. The van der Waals surface area contributed by atoms with Crippen molar-refractivity contribution in [1.82, 2.24) is 5.32 Å². The fourth-order valence-electron chi connectivity index (χ4n) is 2.48. The molecule has 2 N–H and O–H groups in total. The van der Waals surface area contributed by atoms with Crippen LogP contribution in [0.4, 0.5) is 10.7 Å². The van der Waals surface area contributed by atoms with Gasteiger partial charge in [-0.05, 0) is 37.6 Å². The summed E-state index contributed by atoms with van der Waals surface area (Å²) < 4.78 is 0. The third-order valence-corrected chi connectivity index (χ3v) is 4.93. The molecule has 23 heavy (non-hydrogen) atoms. The smallest absolute Gasteiger partial charge is 0.276 e. The van der Waals surface area contributed by atoms with E-state index in [1.54, 1.807) is 30.4 Å². The fraction of sp³-hybridized carbons (Fsp3) is 0.188. The summed E-state index contributed by atoms with van der Waals surface area (Å²) in [6, 6.07) is 6.49. The highest BCUT2D eigenvalue weighted by Crippen LogP contribution is 2.34. The van der Waals surface area contributed by atoms with Gasteiger partial charge in [0.15, 0.2) is 0 Å². The van der Waals surface area contributed by atoms with Gasteiger partial charge in [0.25, 0.3) is 11.6 Å². The highest BCUT2D eigenvalue weighted by Gasteiger charge is 2.26. The molecule has 118 valence electrons. The highest BCUT2D eigenvalue weighted by molar-refractivity contribution is 7.16. The molecule has 0 bridgehead atoms. The van der Waals surface area contributed by atoms with Crippen LogP contribution >= 0.6 is 11.3 Å². The second kappa shape index (κ2) is 5.85. The van der Waals surface area contributed by atoms with E-state index in [-0.39, 0.29) is 11.6 Å². The molecule has 0 spiro atoms. The number of nitro groups is 1. The van der Waals surface area contributed by atoms with E-state index in [2.05, 4.69) is 10.6 Å². The Bertz CT molecular complexity index is 826. The molecule has 7 heteroatoms. The van der Waals surface area contributed by atoms with Crippen molar-refractivity contribution in [3.63, 3.8) is 0 Å². The fourth-order valence-corrected chi connectivity index (χ4v) is 3.58. The van der Waals surface area contributed by atoms with Crippen molar-refractivity contribution in [1.29, 1.82) is 0 Å². The molecule has 2 aromatic rings. The number of benzene rings is 1. The summed E-state index contributed by atoms with van der Waals surface area (Å²) in [5, 5.41) is 17.9. The monoisotopic (exact) mass is 329 g/mol. The van der Waals surface area contributed by atoms with E-state index < -0.39 is 11.1 Å². The minimum Gasteiger partial charge on any atom is -0.353 e. The number of rotatable bonds is 3. The van der Waals surface area contributed by atoms with Crippen LogP contribution in [0.5, 0.6) is 0 Å². The summed E-state index contributed by atoms with van der Waals surface area (Å²) in [7, 11) is 0. The second-order valence-electron chi connectivity index (χ2n) is 5.26. The minimum absolute atomic E-state index is 0.0365. The molecule has 1 atom stereocenters. The van der Waals surface area contributed by atoms with E-state index >= 15 is 0 Å². The molecule has 0 aliphatic carbocycles. The number of carbonyl (C=O) groups excluding carboxylic acids is 1. The lowest BCUT2D eigenvalue weighted by Gasteiger charge is -2.23. The molecule has 0 saturated carbocycles. The minimum atomic E-state index is -0.420. The van der Waals surface area contributed by atoms with E-state index in [1.165, 1.54) is 17.4 Å². The van der Waals surface area contributed by atoms with Crippen molar-refractivity contribution in [2.24, 2.45) is 0 Å². The van der Waals surface area contributed by atoms with Crippen LogP contribution in [-0.2, 0) is 0 Å². The van der Waals surface area contributed by atoms with Crippen LogP contribution in [0, 0.1) is 24.0 Å². The lowest BCUT2D eigenvalue weighted by atomic mass is 10.1. The first-order chi connectivity index (χ1) is 11.0. The van der Waals surface area contributed by atoms with Crippen LogP contribution in [0.15, 0.2) is 30.3 Å². The molecule has 3 rings (SSSR count). The first kappa shape index (κ1) is 15.2. The number of amides is 1. The van der Waals surface area contributed by atoms with Gasteiger partial charge in [-0.3, -0.25) is 14.9 Å². The van der Waals surface area contributed by atoms with E-state index in [1.807, 2.05) is 13.8 Å². The summed E-state index contributed by atoms with van der Waals surface area (Å²) in [6.45, 7) is 3.90. The van der Waals surface area contributed by atoms with Crippen molar-refractivity contribution in [3.8, 4) is 0 Å². The maximum Gasteiger partial charge on any atom is 0.276 e. The van der Waals surface area contributed by atoms with Gasteiger partial charge in [-0.25, -0.2) is 0 Å². The predicted molar refractivity (Wildman–Crippen MR) is 90.8 cm³/mol. The number of hydrogen-bond donors (Lipinski definition) is 2. The van der Waals surface area contributed by atoms with Gasteiger partial charge in [0.1, 0.15) is 11.2 Å². The molecule has 1 aliphatic heterocycles. The molecule has 2 heterocycles. The molecule has 1 aliphatic rings. The van der Waals surface area contributed by atoms with Crippen molar-refractivity contribution >= 4 is 34.0 Å². The van der Waals surface area contributed by atoms with E-state index in [0.717, 1.165) is 15.4 Å². The Kier molecular flexibility index (Phi) is 3.87. The average Bonchev–Trinajstić information content (AvgIpc) is 2.80. The maximum absolute atomic E-state index is 12.2. The lowest BCUT2D eigenvalue weighted by molar-refractivity contribution is -0.385. The number of fused-ring (bicyclic) bond motifs is 1. The normalized spacial score (nSPS) is 16.8. The van der Waals surface area contributed by atoms with Gasteiger partial charge in [-0.2, -0.15) is 0 Å². The SMILES string of the molecule is Cc1sc2c(c1C)C(=O)NC(C=Cc1ccccc1[N+](=O)[O-])N2. The second-order valence-corrected chi connectivity index (χ2v) is 6.48. The summed E-state index contributed by atoms with van der Waals surface area (Å²) >= 11 is 1.54. The molecule has 1 aromatic carbocycles. The van der Waals surface area contributed by atoms with Crippen LogP contribution in [-0.4, -0.2) is 17.0 Å². The quantitative estimate of drug-likeness (QED) is 0.667. The number of para-hydroxylation sites is 1. The molecule has 1 amide bonds. The Hall–Kier alpha value is -2.67. The van der Waals surface area contributed by atoms with E-state index in [4.69, 9.17) is 0 Å². The molecule has 1 aromatic heterocycles. The average molecular weight is 329 g/mol. The number of nitrogens with zero attached hydrogens (tertiary/aromatic N) is 1. The molecular weight excluding hydrogens is 314 g/mol. The van der Waals surface area contributed by atoms with Gasteiger partial charge in [0.2, 0.25) is 0 Å². The number of hydrogen-bond acceptors (Lipinski definition) is 5.